The second-order valence-electron chi connectivity index (χ2n) is 4.94. The van der Waals surface area contributed by atoms with E-state index in [1.54, 1.807) is 18.5 Å². The van der Waals surface area contributed by atoms with Crippen molar-refractivity contribution >= 4 is 37.3 Å². The number of sulfonamides is 1. The third kappa shape index (κ3) is 3.92. The number of thiophene rings is 1. The van der Waals surface area contributed by atoms with Gasteiger partial charge in [-0.05, 0) is 34.8 Å². The summed E-state index contributed by atoms with van der Waals surface area (Å²) in [6, 6.07) is 2.33. The van der Waals surface area contributed by atoms with E-state index in [-0.39, 0.29) is 6.54 Å². The van der Waals surface area contributed by atoms with E-state index in [9.17, 15) is 8.42 Å². The summed E-state index contributed by atoms with van der Waals surface area (Å²) in [7, 11) is -3.53. The van der Waals surface area contributed by atoms with Crippen molar-refractivity contribution in [2.45, 2.75) is 36.9 Å². The van der Waals surface area contributed by atoms with Gasteiger partial charge in [0.1, 0.15) is 4.90 Å². The van der Waals surface area contributed by atoms with Crippen LogP contribution in [0.5, 0.6) is 0 Å². The molecule has 0 spiro atoms. The van der Waals surface area contributed by atoms with Crippen LogP contribution in [0, 0.1) is 0 Å². The first-order chi connectivity index (χ1) is 10.0. The van der Waals surface area contributed by atoms with Crippen molar-refractivity contribution < 1.29 is 8.42 Å². The number of aromatic nitrogens is 2. The molecule has 0 aliphatic heterocycles. The van der Waals surface area contributed by atoms with Crippen LogP contribution in [-0.4, -0.2) is 24.7 Å². The van der Waals surface area contributed by atoms with Gasteiger partial charge < -0.3 is 5.32 Å². The highest BCUT2D eigenvalue weighted by molar-refractivity contribution is 9.11. The Labute approximate surface area is 135 Å². The van der Waals surface area contributed by atoms with Gasteiger partial charge in [0.15, 0.2) is 0 Å². The van der Waals surface area contributed by atoms with Crippen LogP contribution in [0.3, 0.4) is 0 Å². The van der Waals surface area contributed by atoms with E-state index in [2.05, 4.69) is 36.2 Å². The number of nitrogens with one attached hydrogen (secondary N) is 3. The molecule has 1 aliphatic carbocycles. The molecule has 0 aromatic carbocycles. The van der Waals surface area contributed by atoms with Crippen molar-refractivity contribution in [2.24, 2.45) is 0 Å². The van der Waals surface area contributed by atoms with Gasteiger partial charge >= 0.3 is 0 Å². The zero-order valence-electron chi connectivity index (χ0n) is 11.1. The lowest BCUT2D eigenvalue weighted by atomic mass is 10.4. The van der Waals surface area contributed by atoms with E-state index in [1.165, 1.54) is 24.2 Å². The molecule has 0 atom stereocenters. The number of hydrogen-bond acceptors (Lipinski definition) is 5. The predicted octanol–water partition coefficient (Wildman–Crippen LogP) is 1.96. The van der Waals surface area contributed by atoms with Crippen molar-refractivity contribution in [3.63, 3.8) is 0 Å². The molecule has 0 amide bonds. The molecule has 21 heavy (non-hydrogen) atoms. The van der Waals surface area contributed by atoms with E-state index in [0.29, 0.717) is 21.3 Å². The minimum atomic E-state index is -3.53. The fourth-order valence-electron chi connectivity index (χ4n) is 1.83. The third-order valence-corrected chi connectivity index (χ3v) is 6.81. The Kier molecular flexibility index (Phi) is 4.46. The molecule has 3 rings (SSSR count). The highest BCUT2D eigenvalue weighted by Gasteiger charge is 2.23. The van der Waals surface area contributed by atoms with Crippen LogP contribution in [0.15, 0.2) is 27.1 Å². The van der Waals surface area contributed by atoms with Crippen LogP contribution in [0.1, 0.15) is 23.3 Å². The highest BCUT2D eigenvalue weighted by Crippen LogP contribution is 2.32. The Morgan fingerprint density at radius 1 is 1.43 bits per heavy atom. The van der Waals surface area contributed by atoms with Crippen molar-refractivity contribution in [3.8, 4) is 0 Å². The maximum Gasteiger partial charge on any atom is 0.242 e. The number of rotatable bonds is 7. The Morgan fingerprint density at radius 3 is 2.90 bits per heavy atom. The molecular weight excluding hydrogens is 376 g/mol. The fraction of sp³-hybridized carbons (Fsp3) is 0.417. The largest absolute Gasteiger partial charge is 0.309 e. The van der Waals surface area contributed by atoms with Gasteiger partial charge in [0.25, 0.3) is 0 Å². The van der Waals surface area contributed by atoms with Crippen molar-refractivity contribution in [2.75, 3.05) is 0 Å². The number of nitrogens with zero attached hydrogens (tertiary/aromatic N) is 1. The Bertz CT molecular complexity index is 708. The molecule has 1 saturated carbocycles. The van der Waals surface area contributed by atoms with Crippen LogP contribution in [0.25, 0.3) is 0 Å². The summed E-state index contributed by atoms with van der Waals surface area (Å²) in [6.45, 7) is 0.933. The van der Waals surface area contributed by atoms with Gasteiger partial charge in [0.05, 0.1) is 9.98 Å². The molecule has 1 aliphatic rings. The zero-order chi connectivity index (χ0) is 14.9. The van der Waals surface area contributed by atoms with Crippen LogP contribution >= 0.6 is 27.3 Å². The fourth-order valence-corrected chi connectivity index (χ4v) is 5.48. The normalized spacial score (nSPS) is 15.5. The second-order valence-corrected chi connectivity index (χ2v) is 9.13. The third-order valence-electron chi connectivity index (χ3n) is 3.16. The number of halogens is 1. The average molecular weight is 391 g/mol. The summed E-state index contributed by atoms with van der Waals surface area (Å²) in [5.41, 5.74) is 0.792. The average Bonchev–Trinajstić information content (AvgIpc) is 2.97. The van der Waals surface area contributed by atoms with E-state index < -0.39 is 10.0 Å². The summed E-state index contributed by atoms with van der Waals surface area (Å²) in [5.74, 6) is 0. The van der Waals surface area contributed by atoms with Crippen molar-refractivity contribution in [1.29, 1.82) is 0 Å². The first-order valence-corrected chi connectivity index (χ1v) is 9.63. The van der Waals surface area contributed by atoms with Gasteiger partial charge in [-0.15, -0.1) is 11.3 Å². The lowest BCUT2D eigenvalue weighted by Crippen LogP contribution is -2.23. The van der Waals surface area contributed by atoms with Gasteiger partial charge in [-0.2, -0.15) is 5.10 Å². The molecular formula is C12H15BrN4O2S2. The van der Waals surface area contributed by atoms with E-state index >= 15 is 0 Å². The molecule has 2 aromatic rings. The van der Waals surface area contributed by atoms with Gasteiger partial charge in [-0.3, -0.25) is 5.10 Å². The first-order valence-electron chi connectivity index (χ1n) is 6.53. The number of H-pyrrole nitrogens is 1. The zero-order valence-corrected chi connectivity index (χ0v) is 14.3. The van der Waals surface area contributed by atoms with Crippen molar-refractivity contribution in [3.05, 3.63) is 32.7 Å². The lowest BCUT2D eigenvalue weighted by molar-refractivity contribution is 0.581. The number of hydrogen-bond donors (Lipinski definition) is 3. The molecule has 0 unspecified atom stereocenters. The summed E-state index contributed by atoms with van der Waals surface area (Å²) < 4.78 is 27.9. The number of aromatic amines is 1. The quantitative estimate of drug-likeness (QED) is 0.674. The van der Waals surface area contributed by atoms with Crippen LogP contribution < -0.4 is 10.0 Å². The summed E-state index contributed by atoms with van der Waals surface area (Å²) in [6.07, 6.45) is 5.68. The van der Waals surface area contributed by atoms with Gasteiger partial charge in [0, 0.05) is 35.8 Å². The molecule has 0 bridgehead atoms. The molecule has 2 aromatic heterocycles. The molecule has 114 valence electrons. The molecule has 2 heterocycles. The molecule has 9 heteroatoms. The molecule has 1 fully saturated rings. The van der Waals surface area contributed by atoms with Gasteiger partial charge in [-0.1, -0.05) is 0 Å². The highest BCUT2D eigenvalue weighted by atomic mass is 79.9. The van der Waals surface area contributed by atoms with E-state index in [0.717, 1.165) is 10.4 Å². The monoisotopic (exact) mass is 390 g/mol. The maximum atomic E-state index is 12.3. The molecule has 0 radical (unpaired) electrons. The summed E-state index contributed by atoms with van der Waals surface area (Å²) in [5, 5.41) is 9.82. The van der Waals surface area contributed by atoms with Crippen LogP contribution in [0.2, 0.25) is 0 Å². The lowest BCUT2D eigenvalue weighted by Gasteiger charge is -2.04. The maximum absolute atomic E-state index is 12.3. The Morgan fingerprint density at radius 2 is 2.24 bits per heavy atom. The van der Waals surface area contributed by atoms with Gasteiger partial charge in [0.2, 0.25) is 10.0 Å². The topological polar surface area (TPSA) is 86.9 Å². The summed E-state index contributed by atoms with van der Waals surface area (Å²) in [4.78, 5) is 1.31. The predicted molar refractivity (Wildman–Crippen MR) is 84.5 cm³/mol. The second kappa shape index (κ2) is 6.17. The summed E-state index contributed by atoms with van der Waals surface area (Å²) >= 11 is 4.80. The SMILES string of the molecule is O=S(=O)(NCc1cn[nH]c1)c1cc(CNC2CC2)sc1Br. The molecule has 3 N–H and O–H groups in total. The Hall–Kier alpha value is -0.740. The van der Waals surface area contributed by atoms with E-state index in [4.69, 9.17) is 0 Å². The molecule has 6 nitrogen and oxygen atoms in total. The standard InChI is InChI=1S/C12H15BrN4O2S2/c13-12-11(3-10(20-12)7-14-9-1-2-9)21(18,19)17-6-8-4-15-16-5-8/h3-5,9,14,17H,1-2,6-7H2,(H,15,16). The van der Waals surface area contributed by atoms with Crippen LogP contribution in [-0.2, 0) is 23.1 Å². The first kappa shape index (κ1) is 15.2. The van der Waals surface area contributed by atoms with Gasteiger partial charge in [-0.25, -0.2) is 13.1 Å². The Balaban J connectivity index is 1.68. The van der Waals surface area contributed by atoms with E-state index in [1.807, 2.05) is 0 Å². The van der Waals surface area contributed by atoms with Crippen molar-refractivity contribution in [1.82, 2.24) is 20.2 Å². The molecule has 0 saturated heterocycles. The minimum Gasteiger partial charge on any atom is -0.309 e. The smallest absolute Gasteiger partial charge is 0.242 e. The van der Waals surface area contributed by atoms with Crippen LogP contribution in [0.4, 0.5) is 0 Å². The minimum absolute atomic E-state index is 0.219.